The summed E-state index contributed by atoms with van der Waals surface area (Å²) in [6.07, 6.45) is 2.51. The van der Waals surface area contributed by atoms with Gasteiger partial charge in [0.15, 0.2) is 0 Å². The number of carbonyl (C=O) groups excluding carboxylic acids is 1. The van der Waals surface area contributed by atoms with Crippen LogP contribution in [0.4, 0.5) is 5.69 Å². The highest BCUT2D eigenvalue weighted by atomic mass is 32.2. The molecule has 2 aromatic rings. The second-order valence-corrected chi connectivity index (χ2v) is 8.03. The zero-order chi connectivity index (χ0) is 17.7. The van der Waals surface area contributed by atoms with Crippen molar-refractivity contribution in [2.45, 2.75) is 25.0 Å². The van der Waals surface area contributed by atoms with Crippen molar-refractivity contribution < 1.29 is 13.2 Å². The number of nitrogens with one attached hydrogen (secondary N) is 1. The molecule has 1 aliphatic rings. The van der Waals surface area contributed by atoms with Gasteiger partial charge in [-0.3, -0.25) is 9.52 Å². The molecule has 1 heterocycles. The first-order valence-corrected chi connectivity index (χ1v) is 10.1. The molecule has 0 saturated carbocycles. The van der Waals surface area contributed by atoms with Gasteiger partial charge < -0.3 is 4.90 Å². The number of carbonyl (C=O) groups is 1. The molecule has 0 aromatic heterocycles. The van der Waals surface area contributed by atoms with E-state index in [4.69, 9.17) is 0 Å². The number of rotatable bonds is 6. The maximum absolute atomic E-state index is 12.2. The number of benzene rings is 2. The molecule has 0 aliphatic carbocycles. The summed E-state index contributed by atoms with van der Waals surface area (Å²) in [6.45, 7) is 1.69. The zero-order valence-electron chi connectivity index (χ0n) is 14.0. The Balaban J connectivity index is 1.59. The lowest BCUT2D eigenvalue weighted by molar-refractivity contribution is -0.129. The van der Waals surface area contributed by atoms with Crippen LogP contribution < -0.4 is 4.72 Å². The van der Waals surface area contributed by atoms with Gasteiger partial charge in [0.05, 0.1) is 12.2 Å². The number of hydrogen-bond acceptors (Lipinski definition) is 3. The molecule has 3 rings (SSSR count). The normalized spacial score (nSPS) is 14.5. The Morgan fingerprint density at radius 3 is 2.20 bits per heavy atom. The summed E-state index contributed by atoms with van der Waals surface area (Å²) >= 11 is 0. The van der Waals surface area contributed by atoms with Crippen molar-refractivity contribution in [3.8, 4) is 0 Å². The molecular formula is C19H22N2O3S. The third kappa shape index (κ3) is 5.06. The summed E-state index contributed by atoms with van der Waals surface area (Å²) in [7, 11) is -3.46. The standard InChI is InChI=1S/C19H22N2O3S/c22-19(21-12-4-5-13-21)14-16-8-10-18(11-9-16)20-25(23,24)15-17-6-2-1-3-7-17/h1-3,6-11,20H,4-5,12-15H2. The first-order valence-electron chi connectivity index (χ1n) is 8.43. The fourth-order valence-corrected chi connectivity index (χ4v) is 4.15. The summed E-state index contributed by atoms with van der Waals surface area (Å²) in [5.74, 6) is 0.0677. The topological polar surface area (TPSA) is 66.5 Å². The average Bonchev–Trinajstić information content (AvgIpc) is 3.11. The van der Waals surface area contributed by atoms with Gasteiger partial charge in [-0.15, -0.1) is 0 Å². The van der Waals surface area contributed by atoms with Gasteiger partial charge in [-0.05, 0) is 36.1 Å². The predicted octanol–water partition coefficient (Wildman–Crippen LogP) is 2.79. The highest BCUT2D eigenvalue weighted by Crippen LogP contribution is 2.16. The van der Waals surface area contributed by atoms with E-state index < -0.39 is 10.0 Å². The first-order chi connectivity index (χ1) is 12.0. The quantitative estimate of drug-likeness (QED) is 0.863. The van der Waals surface area contributed by atoms with Gasteiger partial charge in [0.2, 0.25) is 15.9 Å². The molecule has 5 nitrogen and oxygen atoms in total. The minimum atomic E-state index is -3.46. The van der Waals surface area contributed by atoms with E-state index in [1.54, 1.807) is 36.4 Å². The van der Waals surface area contributed by atoms with Crippen molar-refractivity contribution >= 4 is 21.6 Å². The van der Waals surface area contributed by atoms with Crippen molar-refractivity contribution in [3.63, 3.8) is 0 Å². The van der Waals surface area contributed by atoms with Crippen LogP contribution in [-0.2, 0) is 27.0 Å². The molecule has 2 aromatic carbocycles. The molecule has 132 valence electrons. The van der Waals surface area contributed by atoms with E-state index in [0.29, 0.717) is 12.1 Å². The number of sulfonamides is 1. The molecule has 6 heteroatoms. The van der Waals surface area contributed by atoms with Crippen LogP contribution in [0, 0.1) is 0 Å². The Kier molecular flexibility index (Phi) is 5.38. The monoisotopic (exact) mass is 358 g/mol. The van der Waals surface area contributed by atoms with Crippen LogP contribution in [-0.4, -0.2) is 32.3 Å². The molecule has 1 amide bonds. The van der Waals surface area contributed by atoms with E-state index in [2.05, 4.69) is 4.72 Å². The number of anilines is 1. The molecule has 1 N–H and O–H groups in total. The van der Waals surface area contributed by atoms with Crippen molar-refractivity contribution in [2.24, 2.45) is 0 Å². The van der Waals surface area contributed by atoms with Crippen LogP contribution in [0.1, 0.15) is 24.0 Å². The molecule has 0 bridgehead atoms. The van der Waals surface area contributed by atoms with Crippen molar-refractivity contribution in [1.82, 2.24) is 4.90 Å². The van der Waals surface area contributed by atoms with Crippen molar-refractivity contribution in [2.75, 3.05) is 17.8 Å². The number of amides is 1. The summed E-state index contributed by atoms with van der Waals surface area (Å²) < 4.78 is 27.0. The van der Waals surface area contributed by atoms with Gasteiger partial charge in [0.1, 0.15) is 0 Å². The van der Waals surface area contributed by atoms with Gasteiger partial charge in [-0.1, -0.05) is 42.5 Å². The van der Waals surface area contributed by atoms with Crippen molar-refractivity contribution in [1.29, 1.82) is 0 Å². The zero-order valence-corrected chi connectivity index (χ0v) is 14.8. The van der Waals surface area contributed by atoms with E-state index in [9.17, 15) is 13.2 Å². The number of hydrogen-bond donors (Lipinski definition) is 1. The van der Waals surface area contributed by atoms with Crippen LogP contribution in [0.2, 0.25) is 0 Å². The first kappa shape index (κ1) is 17.5. The van der Waals surface area contributed by atoms with Gasteiger partial charge >= 0.3 is 0 Å². The van der Waals surface area contributed by atoms with E-state index in [0.717, 1.165) is 37.1 Å². The number of nitrogens with zero attached hydrogens (tertiary/aromatic N) is 1. The predicted molar refractivity (Wildman–Crippen MR) is 98.6 cm³/mol. The van der Waals surface area contributed by atoms with Crippen LogP contribution >= 0.6 is 0 Å². The molecule has 0 atom stereocenters. The Hall–Kier alpha value is -2.34. The number of likely N-dealkylation sites (tertiary alicyclic amines) is 1. The fourth-order valence-electron chi connectivity index (χ4n) is 2.95. The van der Waals surface area contributed by atoms with Crippen molar-refractivity contribution in [3.05, 3.63) is 65.7 Å². The summed E-state index contributed by atoms with van der Waals surface area (Å²) in [4.78, 5) is 14.0. The Morgan fingerprint density at radius 1 is 0.920 bits per heavy atom. The van der Waals surface area contributed by atoms with Gasteiger partial charge in [-0.2, -0.15) is 0 Å². The van der Waals surface area contributed by atoms with Crippen LogP contribution in [0.3, 0.4) is 0 Å². The highest BCUT2D eigenvalue weighted by molar-refractivity contribution is 7.91. The summed E-state index contributed by atoms with van der Waals surface area (Å²) in [5, 5.41) is 0. The molecule has 1 aliphatic heterocycles. The third-order valence-corrected chi connectivity index (χ3v) is 5.50. The van der Waals surface area contributed by atoms with Gasteiger partial charge in [0.25, 0.3) is 0 Å². The third-order valence-electron chi connectivity index (χ3n) is 4.24. The molecule has 1 fully saturated rings. The van der Waals surface area contributed by atoms with Crippen LogP contribution in [0.25, 0.3) is 0 Å². The molecule has 1 saturated heterocycles. The second kappa shape index (κ2) is 7.70. The molecule has 0 radical (unpaired) electrons. The molecular weight excluding hydrogens is 336 g/mol. The van der Waals surface area contributed by atoms with E-state index in [1.807, 2.05) is 23.1 Å². The lowest BCUT2D eigenvalue weighted by Crippen LogP contribution is -2.29. The largest absolute Gasteiger partial charge is 0.342 e. The fraction of sp³-hybridized carbons (Fsp3) is 0.316. The maximum atomic E-state index is 12.2. The van der Waals surface area contributed by atoms with Crippen LogP contribution in [0.5, 0.6) is 0 Å². The molecule has 0 unspecified atom stereocenters. The minimum absolute atomic E-state index is 0.0664. The summed E-state index contributed by atoms with van der Waals surface area (Å²) in [5.41, 5.74) is 2.14. The Bertz CT molecular complexity index is 812. The average molecular weight is 358 g/mol. The Labute approximate surface area is 148 Å². The van der Waals surface area contributed by atoms with Gasteiger partial charge in [0, 0.05) is 18.8 Å². The highest BCUT2D eigenvalue weighted by Gasteiger charge is 2.18. The van der Waals surface area contributed by atoms with E-state index in [-0.39, 0.29) is 11.7 Å². The molecule has 0 spiro atoms. The van der Waals surface area contributed by atoms with Crippen LogP contribution in [0.15, 0.2) is 54.6 Å². The maximum Gasteiger partial charge on any atom is 0.236 e. The lowest BCUT2D eigenvalue weighted by Gasteiger charge is -2.15. The van der Waals surface area contributed by atoms with E-state index in [1.165, 1.54) is 0 Å². The van der Waals surface area contributed by atoms with E-state index >= 15 is 0 Å². The SMILES string of the molecule is O=C(Cc1ccc(NS(=O)(=O)Cc2ccccc2)cc1)N1CCCC1. The Morgan fingerprint density at radius 2 is 1.56 bits per heavy atom. The lowest BCUT2D eigenvalue weighted by atomic mass is 10.1. The molecule has 25 heavy (non-hydrogen) atoms. The van der Waals surface area contributed by atoms with Gasteiger partial charge in [-0.25, -0.2) is 8.42 Å². The second-order valence-electron chi connectivity index (χ2n) is 6.31. The minimum Gasteiger partial charge on any atom is -0.342 e. The smallest absolute Gasteiger partial charge is 0.236 e. The summed E-state index contributed by atoms with van der Waals surface area (Å²) in [6, 6.07) is 16.1.